The third-order valence-corrected chi connectivity index (χ3v) is 3.48. The zero-order valence-electron chi connectivity index (χ0n) is 7.20. The van der Waals surface area contributed by atoms with Crippen molar-refractivity contribution < 1.29 is 4.74 Å². The monoisotopic (exact) mass is 218 g/mol. The molecule has 72 valence electrons. The highest BCUT2D eigenvalue weighted by Gasteiger charge is 2.19. The number of halogens is 1. The van der Waals surface area contributed by atoms with Crippen molar-refractivity contribution in [2.24, 2.45) is 0 Å². The molecule has 2 heterocycles. The van der Waals surface area contributed by atoms with Crippen molar-refractivity contribution in [3.8, 4) is 0 Å². The summed E-state index contributed by atoms with van der Waals surface area (Å²) in [6.07, 6.45) is 3.62. The predicted octanol–water partition coefficient (Wildman–Crippen LogP) is 2.52. The first-order valence-electron chi connectivity index (χ1n) is 4.40. The molecule has 1 atom stereocenters. The van der Waals surface area contributed by atoms with Crippen LogP contribution in [-0.2, 0) is 10.6 Å². The standard InChI is InChI=1S/C8H11ClN2OS/c9-5-7-10-11-8(13-7)6-3-1-2-4-12-6/h6H,1-5H2. The predicted molar refractivity (Wildman–Crippen MR) is 52.0 cm³/mol. The van der Waals surface area contributed by atoms with Crippen LogP contribution in [0.3, 0.4) is 0 Å². The first-order chi connectivity index (χ1) is 6.40. The van der Waals surface area contributed by atoms with Crippen molar-refractivity contribution in [3.63, 3.8) is 0 Å². The average molecular weight is 219 g/mol. The van der Waals surface area contributed by atoms with Crippen LogP contribution in [0, 0.1) is 0 Å². The van der Waals surface area contributed by atoms with Crippen molar-refractivity contribution in [2.45, 2.75) is 31.2 Å². The molecule has 0 spiro atoms. The van der Waals surface area contributed by atoms with Gasteiger partial charge in [-0.15, -0.1) is 21.8 Å². The molecule has 0 saturated carbocycles. The van der Waals surface area contributed by atoms with Crippen LogP contribution in [-0.4, -0.2) is 16.8 Å². The Kier molecular flexibility index (Phi) is 3.14. The molecule has 0 amide bonds. The first-order valence-corrected chi connectivity index (χ1v) is 5.75. The lowest BCUT2D eigenvalue weighted by Gasteiger charge is -2.19. The Labute approximate surface area is 86.1 Å². The Morgan fingerprint density at radius 3 is 3.00 bits per heavy atom. The van der Waals surface area contributed by atoms with Gasteiger partial charge in [0, 0.05) is 6.61 Å². The maximum atomic E-state index is 5.65. The molecule has 0 aromatic carbocycles. The fourth-order valence-corrected chi connectivity index (χ4v) is 2.38. The van der Waals surface area contributed by atoms with Crippen LogP contribution in [0.25, 0.3) is 0 Å². The van der Waals surface area contributed by atoms with E-state index in [1.54, 1.807) is 11.3 Å². The summed E-state index contributed by atoms with van der Waals surface area (Å²) in [5, 5.41) is 9.90. The van der Waals surface area contributed by atoms with Crippen molar-refractivity contribution in [3.05, 3.63) is 10.0 Å². The molecule has 0 N–H and O–H groups in total. The van der Waals surface area contributed by atoms with Crippen LogP contribution in [0.15, 0.2) is 0 Å². The molecule has 1 saturated heterocycles. The molecule has 1 aromatic heterocycles. The highest BCUT2D eigenvalue weighted by atomic mass is 35.5. The van der Waals surface area contributed by atoms with Crippen LogP contribution in [0.2, 0.25) is 0 Å². The van der Waals surface area contributed by atoms with E-state index in [2.05, 4.69) is 10.2 Å². The van der Waals surface area contributed by atoms with Crippen LogP contribution in [0.5, 0.6) is 0 Å². The van der Waals surface area contributed by atoms with Gasteiger partial charge in [0.2, 0.25) is 0 Å². The van der Waals surface area contributed by atoms with E-state index in [0.717, 1.165) is 29.5 Å². The molecule has 3 nitrogen and oxygen atoms in total. The topological polar surface area (TPSA) is 35.0 Å². The first kappa shape index (κ1) is 9.37. The van der Waals surface area contributed by atoms with E-state index in [9.17, 15) is 0 Å². The third-order valence-electron chi connectivity index (χ3n) is 2.05. The van der Waals surface area contributed by atoms with Crippen molar-refractivity contribution in [2.75, 3.05) is 6.61 Å². The minimum absolute atomic E-state index is 0.170. The van der Waals surface area contributed by atoms with Gasteiger partial charge in [0.1, 0.15) is 16.1 Å². The molecule has 0 bridgehead atoms. The van der Waals surface area contributed by atoms with Gasteiger partial charge in [0.05, 0.1) is 5.88 Å². The van der Waals surface area contributed by atoms with E-state index in [1.165, 1.54) is 6.42 Å². The van der Waals surface area contributed by atoms with Crippen LogP contribution >= 0.6 is 22.9 Å². The summed E-state index contributed by atoms with van der Waals surface area (Å²) >= 11 is 7.21. The summed E-state index contributed by atoms with van der Waals surface area (Å²) in [5.41, 5.74) is 0. The second-order valence-corrected chi connectivity index (χ2v) is 4.38. The van der Waals surface area contributed by atoms with Gasteiger partial charge in [0.15, 0.2) is 0 Å². The number of alkyl halides is 1. The smallest absolute Gasteiger partial charge is 0.146 e. The number of hydrogen-bond acceptors (Lipinski definition) is 4. The lowest BCUT2D eigenvalue weighted by Crippen LogP contribution is -2.11. The lowest BCUT2D eigenvalue weighted by atomic mass is 10.1. The minimum Gasteiger partial charge on any atom is -0.371 e. The van der Waals surface area contributed by atoms with Gasteiger partial charge in [0.25, 0.3) is 0 Å². The molecule has 2 rings (SSSR count). The van der Waals surface area contributed by atoms with E-state index in [4.69, 9.17) is 16.3 Å². The molecule has 1 unspecified atom stereocenters. The van der Waals surface area contributed by atoms with Gasteiger partial charge in [-0.25, -0.2) is 0 Å². The Morgan fingerprint density at radius 2 is 2.38 bits per heavy atom. The molecule has 13 heavy (non-hydrogen) atoms. The third kappa shape index (κ3) is 2.18. The summed E-state index contributed by atoms with van der Waals surface area (Å²) in [6, 6.07) is 0. The van der Waals surface area contributed by atoms with Crippen molar-refractivity contribution >= 4 is 22.9 Å². The van der Waals surface area contributed by atoms with E-state index >= 15 is 0 Å². The molecular weight excluding hydrogens is 208 g/mol. The van der Waals surface area contributed by atoms with E-state index < -0.39 is 0 Å². The normalized spacial score (nSPS) is 23.3. The summed E-state index contributed by atoms with van der Waals surface area (Å²) < 4.78 is 5.59. The zero-order valence-corrected chi connectivity index (χ0v) is 8.77. The van der Waals surface area contributed by atoms with Crippen molar-refractivity contribution in [1.82, 2.24) is 10.2 Å². The number of nitrogens with zero attached hydrogens (tertiary/aromatic N) is 2. The van der Waals surface area contributed by atoms with Crippen LogP contribution < -0.4 is 0 Å². The average Bonchev–Trinajstić information content (AvgIpc) is 2.67. The van der Waals surface area contributed by atoms with E-state index in [1.807, 2.05) is 0 Å². The Bertz CT molecular complexity index is 273. The largest absolute Gasteiger partial charge is 0.371 e. The molecular formula is C8H11ClN2OS. The zero-order chi connectivity index (χ0) is 9.10. The summed E-state index contributed by atoms with van der Waals surface area (Å²) in [4.78, 5) is 0. The summed E-state index contributed by atoms with van der Waals surface area (Å²) in [5.74, 6) is 0.449. The number of hydrogen-bond donors (Lipinski definition) is 0. The van der Waals surface area contributed by atoms with Gasteiger partial charge >= 0.3 is 0 Å². The second kappa shape index (κ2) is 4.35. The fraction of sp³-hybridized carbons (Fsp3) is 0.750. The fourth-order valence-electron chi connectivity index (χ4n) is 1.39. The molecule has 5 heteroatoms. The Hall–Kier alpha value is -0.190. The highest BCUT2D eigenvalue weighted by molar-refractivity contribution is 7.11. The van der Waals surface area contributed by atoms with Gasteiger partial charge < -0.3 is 4.74 Å². The molecule has 1 aliphatic rings. The summed E-state index contributed by atoms with van der Waals surface area (Å²) in [7, 11) is 0. The van der Waals surface area contributed by atoms with Crippen LogP contribution in [0.4, 0.5) is 0 Å². The maximum absolute atomic E-state index is 5.65. The van der Waals surface area contributed by atoms with Gasteiger partial charge in [-0.3, -0.25) is 0 Å². The molecule has 1 aromatic rings. The lowest BCUT2D eigenvalue weighted by molar-refractivity contribution is 0.0144. The second-order valence-electron chi connectivity index (χ2n) is 3.02. The van der Waals surface area contributed by atoms with Crippen LogP contribution in [0.1, 0.15) is 35.4 Å². The summed E-state index contributed by atoms with van der Waals surface area (Å²) in [6.45, 7) is 0.848. The number of aromatic nitrogens is 2. The highest BCUT2D eigenvalue weighted by Crippen LogP contribution is 2.29. The molecule has 1 aliphatic heterocycles. The molecule has 1 fully saturated rings. The molecule has 0 aliphatic carbocycles. The van der Waals surface area contributed by atoms with Crippen molar-refractivity contribution in [1.29, 1.82) is 0 Å². The number of ether oxygens (including phenoxy) is 1. The Balaban J connectivity index is 2.05. The SMILES string of the molecule is ClCc1nnc(C2CCCCO2)s1. The van der Waals surface area contributed by atoms with Gasteiger partial charge in [-0.05, 0) is 19.3 Å². The minimum atomic E-state index is 0.170. The number of rotatable bonds is 2. The van der Waals surface area contributed by atoms with E-state index in [-0.39, 0.29) is 6.10 Å². The van der Waals surface area contributed by atoms with Gasteiger partial charge in [-0.2, -0.15) is 0 Å². The maximum Gasteiger partial charge on any atom is 0.146 e. The van der Waals surface area contributed by atoms with E-state index in [0.29, 0.717) is 5.88 Å². The van der Waals surface area contributed by atoms with Gasteiger partial charge in [-0.1, -0.05) is 11.3 Å². The molecule has 0 radical (unpaired) electrons. The quantitative estimate of drug-likeness (QED) is 0.716. The Morgan fingerprint density at radius 1 is 1.46 bits per heavy atom.